The Hall–Kier alpha value is -2.55. The molecule has 0 saturated carbocycles. The van der Waals surface area contributed by atoms with Crippen LogP contribution in [0.5, 0.6) is 0 Å². The van der Waals surface area contributed by atoms with Gasteiger partial charge in [-0.3, -0.25) is 10.1 Å². The molecule has 0 radical (unpaired) electrons. The molecule has 1 aromatic carbocycles. The first-order valence-corrected chi connectivity index (χ1v) is 9.55. The lowest BCUT2D eigenvalue weighted by Crippen LogP contribution is -2.51. The molecule has 4 rings (SSSR count). The molecule has 28 heavy (non-hydrogen) atoms. The SMILES string of the molecule is CC1=CC(C)=[N+]2C1=C(c1cc(Br)cc([N+](=O)[O-])c1)c1c(C)cc(C)n1[B-]2(F)F. The molecule has 2 aliphatic heterocycles. The minimum Gasteiger partial charge on any atom is -0.393 e. The number of rotatable bonds is 2. The highest BCUT2D eigenvalue weighted by molar-refractivity contribution is 9.10. The number of benzene rings is 1. The quantitative estimate of drug-likeness (QED) is 0.360. The molecule has 0 amide bonds. The van der Waals surface area contributed by atoms with Gasteiger partial charge in [0.25, 0.3) is 5.69 Å². The molecule has 3 heterocycles. The van der Waals surface area contributed by atoms with Gasteiger partial charge < -0.3 is 17.6 Å². The number of hydrogen-bond acceptors (Lipinski definition) is 2. The zero-order valence-corrected chi connectivity index (χ0v) is 17.3. The van der Waals surface area contributed by atoms with Crippen molar-refractivity contribution >= 4 is 39.9 Å². The molecule has 0 saturated heterocycles. The van der Waals surface area contributed by atoms with E-state index in [-0.39, 0.29) is 5.69 Å². The summed E-state index contributed by atoms with van der Waals surface area (Å²) in [5.74, 6) is 0. The van der Waals surface area contributed by atoms with Gasteiger partial charge in [0, 0.05) is 40.9 Å². The molecule has 2 aliphatic rings. The van der Waals surface area contributed by atoms with Crippen LogP contribution in [0.15, 0.2) is 46.1 Å². The number of aryl methyl sites for hydroxylation is 2. The molecule has 0 atom stereocenters. The number of nitro benzene ring substituents is 1. The summed E-state index contributed by atoms with van der Waals surface area (Å²) in [6, 6.07) is 6.31. The maximum absolute atomic E-state index is 15.6. The van der Waals surface area contributed by atoms with Crippen molar-refractivity contribution in [3.05, 3.63) is 78.7 Å². The summed E-state index contributed by atoms with van der Waals surface area (Å²) >= 11 is 3.32. The van der Waals surface area contributed by atoms with E-state index in [1.54, 1.807) is 45.9 Å². The van der Waals surface area contributed by atoms with E-state index in [0.29, 0.717) is 49.5 Å². The van der Waals surface area contributed by atoms with Gasteiger partial charge in [-0.2, -0.15) is 0 Å². The second-order valence-electron chi connectivity index (χ2n) is 7.29. The summed E-state index contributed by atoms with van der Waals surface area (Å²) < 4.78 is 33.8. The van der Waals surface area contributed by atoms with Gasteiger partial charge >= 0.3 is 6.97 Å². The van der Waals surface area contributed by atoms with Gasteiger partial charge in [-0.15, -0.1) is 0 Å². The van der Waals surface area contributed by atoms with Gasteiger partial charge in [-0.25, -0.2) is 0 Å². The number of fused-ring (bicyclic) bond motifs is 2. The average Bonchev–Trinajstić information content (AvgIpc) is 3.04. The van der Waals surface area contributed by atoms with Crippen LogP contribution in [0.3, 0.4) is 0 Å². The molecule has 1 aromatic heterocycles. The van der Waals surface area contributed by atoms with E-state index in [2.05, 4.69) is 15.9 Å². The van der Waals surface area contributed by atoms with Crippen LogP contribution in [0.4, 0.5) is 14.3 Å². The molecule has 2 aromatic rings. The highest BCUT2D eigenvalue weighted by Gasteiger charge is 2.55. The fourth-order valence-electron chi connectivity index (χ4n) is 4.40. The van der Waals surface area contributed by atoms with Crippen LogP contribution in [0.2, 0.25) is 0 Å². The Labute approximate surface area is 169 Å². The zero-order chi connectivity index (χ0) is 20.5. The van der Waals surface area contributed by atoms with Gasteiger partial charge in [-0.1, -0.05) is 15.9 Å². The highest BCUT2D eigenvalue weighted by atomic mass is 79.9. The fourth-order valence-corrected chi connectivity index (χ4v) is 4.88. The number of nitro groups is 1. The summed E-state index contributed by atoms with van der Waals surface area (Å²) in [5.41, 5.74) is 4.15. The Morgan fingerprint density at radius 1 is 1.14 bits per heavy atom. The third kappa shape index (κ3) is 2.45. The smallest absolute Gasteiger partial charge is 0.393 e. The van der Waals surface area contributed by atoms with Crippen LogP contribution >= 0.6 is 15.9 Å². The van der Waals surface area contributed by atoms with E-state index in [4.69, 9.17) is 0 Å². The largest absolute Gasteiger partial charge is 0.737 e. The molecule has 0 unspecified atom stereocenters. The molecule has 0 fully saturated rings. The van der Waals surface area contributed by atoms with E-state index in [0.717, 1.165) is 8.96 Å². The standard InChI is InChI=1S/C19H17BBrF2N3O2/c1-10-5-12(3)24-18(10)17(14-7-15(21)9-16(8-14)26(27)28)19-11(2)6-13(4)25(19)20(24,22)23/h5-9H,1-4H3. The summed E-state index contributed by atoms with van der Waals surface area (Å²) in [4.78, 5) is 10.9. The minimum absolute atomic E-state index is 0.0975. The maximum atomic E-state index is 15.6. The molecule has 0 aliphatic carbocycles. The van der Waals surface area contributed by atoms with Crippen molar-refractivity contribution < 1.29 is 18.0 Å². The van der Waals surface area contributed by atoms with Crippen LogP contribution in [-0.2, 0) is 0 Å². The van der Waals surface area contributed by atoms with E-state index < -0.39 is 11.9 Å². The van der Waals surface area contributed by atoms with Gasteiger partial charge in [-0.05, 0) is 49.7 Å². The number of non-ortho nitro benzene ring substituents is 1. The Kier molecular flexibility index (Phi) is 4.01. The summed E-state index contributed by atoms with van der Waals surface area (Å²) in [5, 5.41) is 11.4. The molecular weight excluding hydrogens is 431 g/mol. The number of nitrogens with zero attached hydrogens (tertiary/aromatic N) is 3. The Balaban J connectivity index is 2.17. The van der Waals surface area contributed by atoms with E-state index in [1.807, 2.05) is 0 Å². The van der Waals surface area contributed by atoms with Crippen molar-refractivity contribution in [3.63, 3.8) is 0 Å². The van der Waals surface area contributed by atoms with Gasteiger partial charge in [0.05, 0.1) is 10.5 Å². The number of hydrogen-bond donors (Lipinski definition) is 0. The molecular formula is C19H17BBrF2N3O2. The van der Waals surface area contributed by atoms with Crippen molar-refractivity contribution in [2.75, 3.05) is 0 Å². The topological polar surface area (TPSA) is 51.1 Å². The normalized spacial score (nSPS) is 17.6. The number of aromatic nitrogens is 1. The third-order valence-electron chi connectivity index (χ3n) is 5.32. The van der Waals surface area contributed by atoms with Crippen LogP contribution < -0.4 is 0 Å². The first kappa shape index (κ1) is 18.8. The molecule has 0 spiro atoms. The molecule has 9 heteroatoms. The van der Waals surface area contributed by atoms with Gasteiger partial charge in [0.15, 0.2) is 5.70 Å². The maximum Gasteiger partial charge on any atom is 0.737 e. The van der Waals surface area contributed by atoms with E-state index >= 15 is 8.63 Å². The lowest BCUT2D eigenvalue weighted by molar-refractivity contribution is -0.385. The molecule has 5 nitrogen and oxygen atoms in total. The lowest BCUT2D eigenvalue weighted by Gasteiger charge is -2.34. The van der Waals surface area contributed by atoms with E-state index in [9.17, 15) is 10.1 Å². The fraction of sp³-hybridized carbons (Fsp3) is 0.211. The van der Waals surface area contributed by atoms with Crippen molar-refractivity contribution in [2.45, 2.75) is 27.7 Å². The number of halogens is 3. The summed E-state index contributed by atoms with van der Waals surface area (Å²) in [6.07, 6.45) is 1.73. The number of allylic oxidation sites excluding steroid dienone is 2. The van der Waals surface area contributed by atoms with E-state index in [1.165, 1.54) is 12.1 Å². The molecule has 0 bridgehead atoms. The van der Waals surface area contributed by atoms with Crippen molar-refractivity contribution in [1.29, 1.82) is 0 Å². The van der Waals surface area contributed by atoms with Crippen molar-refractivity contribution in [3.8, 4) is 0 Å². The van der Waals surface area contributed by atoms with Crippen LogP contribution in [0.25, 0.3) is 5.57 Å². The first-order chi connectivity index (χ1) is 13.0. The van der Waals surface area contributed by atoms with Crippen LogP contribution in [-0.4, -0.2) is 26.6 Å². The predicted molar refractivity (Wildman–Crippen MR) is 109 cm³/mol. The summed E-state index contributed by atoms with van der Waals surface area (Å²) in [7, 11) is 0. The van der Waals surface area contributed by atoms with Crippen LogP contribution in [0.1, 0.15) is 36.4 Å². The zero-order valence-electron chi connectivity index (χ0n) is 15.8. The Morgan fingerprint density at radius 3 is 2.46 bits per heavy atom. The molecule has 144 valence electrons. The van der Waals surface area contributed by atoms with Gasteiger partial charge in [0.2, 0.25) is 0 Å². The van der Waals surface area contributed by atoms with Crippen molar-refractivity contribution in [1.82, 2.24) is 4.48 Å². The highest BCUT2D eigenvalue weighted by Crippen LogP contribution is 2.45. The molecule has 0 N–H and O–H groups in total. The average molecular weight is 448 g/mol. The van der Waals surface area contributed by atoms with Crippen molar-refractivity contribution in [2.24, 2.45) is 0 Å². The lowest BCUT2D eigenvalue weighted by atomic mass is 9.84. The third-order valence-corrected chi connectivity index (χ3v) is 5.77. The Morgan fingerprint density at radius 2 is 1.82 bits per heavy atom. The summed E-state index contributed by atoms with van der Waals surface area (Å²) in [6.45, 7) is 2.83. The van der Waals surface area contributed by atoms with Crippen LogP contribution in [0, 0.1) is 24.0 Å². The first-order valence-electron chi connectivity index (χ1n) is 8.76. The Bertz CT molecular complexity index is 1180. The van der Waals surface area contributed by atoms with Gasteiger partial charge in [0.1, 0.15) is 5.71 Å². The second kappa shape index (κ2) is 5.97. The monoisotopic (exact) mass is 447 g/mol. The second-order valence-corrected chi connectivity index (χ2v) is 8.21. The minimum atomic E-state index is -4.07. The predicted octanol–water partition coefficient (Wildman–Crippen LogP) is 5.20.